The fourth-order valence-corrected chi connectivity index (χ4v) is 4.51. The van der Waals surface area contributed by atoms with Crippen molar-refractivity contribution >= 4 is 43.6 Å². The molecule has 2 aromatic rings. The lowest BCUT2D eigenvalue weighted by molar-refractivity contribution is -0.449. The number of hydrogen-bond donors (Lipinski definition) is 0. The second-order valence-corrected chi connectivity index (χ2v) is 9.39. The molecule has 1 saturated heterocycles. The predicted octanol–water partition coefficient (Wildman–Crippen LogP) is 2.25. The van der Waals surface area contributed by atoms with Crippen molar-refractivity contribution in [1.82, 2.24) is 4.90 Å². The van der Waals surface area contributed by atoms with Crippen molar-refractivity contribution in [1.29, 1.82) is 0 Å². The summed E-state index contributed by atoms with van der Waals surface area (Å²) in [5.74, 6) is -1.18. The molecule has 2 unspecified atom stereocenters. The number of carbonyl (C=O) groups is 3. The predicted molar refractivity (Wildman–Crippen MR) is 143 cm³/mol. The zero-order chi connectivity index (χ0) is 26.5. The summed E-state index contributed by atoms with van der Waals surface area (Å²) in [4.78, 5) is 44.5. The average molecular weight is 494 g/mol. The molecule has 1 amide bonds. The third kappa shape index (κ3) is 6.20. The molecule has 2 aliphatic heterocycles. The lowest BCUT2D eigenvalue weighted by Gasteiger charge is -2.20. The van der Waals surface area contributed by atoms with Gasteiger partial charge in [-0.3, -0.25) is 4.79 Å². The smallest absolute Gasteiger partial charge is 0.402 e. The maximum absolute atomic E-state index is 13.4. The molecule has 0 aromatic heterocycles. The van der Waals surface area contributed by atoms with Crippen LogP contribution in [-0.2, 0) is 25.5 Å². The van der Waals surface area contributed by atoms with Gasteiger partial charge in [-0.25, -0.2) is 14.6 Å². The number of ketones is 1. The Kier molecular flexibility index (Phi) is 7.97. The topological polar surface area (TPSA) is 79.0 Å². The number of carbonyl (C=O) groups excluding carboxylic acids is 3. The van der Waals surface area contributed by atoms with Crippen LogP contribution in [0.1, 0.15) is 29.5 Å². The Morgan fingerprint density at radius 2 is 1.92 bits per heavy atom. The first-order valence-electron chi connectivity index (χ1n) is 12.2. The number of amides is 1. The summed E-state index contributed by atoms with van der Waals surface area (Å²) in [6.07, 6.45) is 4.74. The van der Waals surface area contributed by atoms with Gasteiger partial charge in [0.25, 0.3) is 0 Å². The number of nitrogens with zero attached hydrogens (tertiary/aromatic N) is 3. The molecule has 2 atom stereocenters. The monoisotopic (exact) mass is 494 g/mol. The Labute approximate surface area is 218 Å². The standard InChI is InChI=1S/C29H29BN3O4/c1-4-26(34)22(16-20-9-7-19(2)8-10-20)17-32(3)28(35)25-6-5-15-33(25)18-24-29(36)37-27(31-24)21-11-13-23(30)14-12-21/h4,7-14,18,22,25H,1,3,5-6,15-17H2,2H3/q+1. The Balaban J connectivity index is 1.46. The van der Waals surface area contributed by atoms with Gasteiger partial charge >= 0.3 is 11.9 Å². The molecule has 2 heterocycles. The van der Waals surface area contributed by atoms with Crippen molar-refractivity contribution in [2.24, 2.45) is 10.9 Å². The minimum Gasteiger partial charge on any atom is -0.402 e. The highest BCUT2D eigenvalue weighted by molar-refractivity contribution is 6.32. The van der Waals surface area contributed by atoms with Crippen LogP contribution in [0.25, 0.3) is 0 Å². The minimum atomic E-state index is -0.578. The lowest BCUT2D eigenvalue weighted by atomic mass is 9.94. The van der Waals surface area contributed by atoms with E-state index < -0.39 is 17.9 Å². The molecule has 4 rings (SSSR count). The molecular formula is C29H29BN3O4+. The van der Waals surface area contributed by atoms with Crippen molar-refractivity contribution in [2.75, 3.05) is 13.1 Å². The van der Waals surface area contributed by atoms with E-state index in [4.69, 9.17) is 12.6 Å². The SMILES string of the molecule is [B]c1ccc(C2=NC(=CN3CCCC3C(=O)[N+](=C)CC(Cc3ccc(C)cc3)C(=O)C=C)C(=O)O2)cc1. The van der Waals surface area contributed by atoms with Gasteiger partial charge in [0, 0.05) is 18.3 Å². The number of hydrogen-bond acceptors (Lipinski definition) is 6. The first-order chi connectivity index (χ1) is 17.7. The van der Waals surface area contributed by atoms with Crippen molar-refractivity contribution in [2.45, 2.75) is 32.2 Å². The van der Waals surface area contributed by atoms with Gasteiger partial charge in [0.15, 0.2) is 24.1 Å². The molecule has 8 heteroatoms. The fraction of sp³-hybridized carbons (Fsp3) is 0.276. The van der Waals surface area contributed by atoms with Gasteiger partial charge in [0.1, 0.15) is 14.6 Å². The molecule has 0 aliphatic carbocycles. The Morgan fingerprint density at radius 3 is 2.59 bits per heavy atom. The Bertz CT molecular complexity index is 1300. The number of likely N-dealkylation sites (tertiary alicyclic amines) is 1. The molecule has 2 aliphatic rings. The normalized spacial score (nSPS) is 18.9. The van der Waals surface area contributed by atoms with E-state index >= 15 is 0 Å². The van der Waals surface area contributed by atoms with Gasteiger partial charge in [-0.15, -0.1) is 0 Å². The van der Waals surface area contributed by atoms with Gasteiger partial charge in [-0.2, -0.15) is 4.58 Å². The summed E-state index contributed by atoms with van der Waals surface area (Å²) in [5, 5.41) is 0. The number of benzene rings is 2. The second kappa shape index (κ2) is 11.3. The summed E-state index contributed by atoms with van der Waals surface area (Å²) in [6, 6.07) is 14.3. The highest BCUT2D eigenvalue weighted by Gasteiger charge is 2.38. The van der Waals surface area contributed by atoms with E-state index in [0.717, 1.165) is 17.5 Å². The highest BCUT2D eigenvalue weighted by atomic mass is 16.6. The van der Waals surface area contributed by atoms with E-state index in [-0.39, 0.29) is 29.8 Å². The van der Waals surface area contributed by atoms with Crippen molar-refractivity contribution in [3.05, 3.63) is 89.8 Å². The van der Waals surface area contributed by atoms with Gasteiger partial charge < -0.3 is 9.64 Å². The molecule has 7 nitrogen and oxygen atoms in total. The zero-order valence-corrected chi connectivity index (χ0v) is 20.9. The molecule has 37 heavy (non-hydrogen) atoms. The molecule has 0 spiro atoms. The number of aryl methyl sites for hydroxylation is 1. The summed E-state index contributed by atoms with van der Waals surface area (Å²) in [5.41, 5.74) is 3.50. The first kappa shape index (κ1) is 26.0. The minimum absolute atomic E-state index is 0.126. The molecule has 2 aromatic carbocycles. The third-order valence-electron chi connectivity index (χ3n) is 6.60. The van der Waals surface area contributed by atoms with Gasteiger partial charge in [-0.05, 0) is 37.8 Å². The zero-order valence-electron chi connectivity index (χ0n) is 20.9. The Hall–Kier alpha value is -4.07. The summed E-state index contributed by atoms with van der Waals surface area (Å²) in [7, 11) is 5.72. The van der Waals surface area contributed by atoms with Crippen LogP contribution in [0.4, 0.5) is 0 Å². The number of ether oxygens (including phenoxy) is 1. The van der Waals surface area contributed by atoms with E-state index in [9.17, 15) is 14.4 Å². The molecule has 2 radical (unpaired) electrons. The quantitative estimate of drug-likeness (QED) is 0.176. The number of rotatable bonds is 9. The summed E-state index contributed by atoms with van der Waals surface area (Å²) in [6.45, 7) is 10.3. The fourth-order valence-electron chi connectivity index (χ4n) is 4.51. The lowest BCUT2D eigenvalue weighted by Crippen LogP contribution is -2.41. The van der Waals surface area contributed by atoms with Crippen molar-refractivity contribution in [3.8, 4) is 0 Å². The number of aliphatic imine (C=N–C) groups is 1. The summed E-state index contributed by atoms with van der Waals surface area (Å²) < 4.78 is 6.69. The van der Waals surface area contributed by atoms with Crippen molar-refractivity contribution in [3.63, 3.8) is 0 Å². The maximum Gasteiger partial charge on any atom is 0.408 e. The highest BCUT2D eigenvalue weighted by Crippen LogP contribution is 2.23. The van der Waals surface area contributed by atoms with Gasteiger partial charge in [0.05, 0.1) is 5.92 Å². The van der Waals surface area contributed by atoms with Crippen LogP contribution in [0.15, 0.2) is 78.1 Å². The Morgan fingerprint density at radius 1 is 1.22 bits per heavy atom. The number of esters is 1. The summed E-state index contributed by atoms with van der Waals surface area (Å²) >= 11 is 0. The third-order valence-corrected chi connectivity index (χ3v) is 6.60. The second-order valence-electron chi connectivity index (χ2n) is 9.39. The van der Waals surface area contributed by atoms with Crippen LogP contribution in [0, 0.1) is 12.8 Å². The molecular weight excluding hydrogens is 465 g/mol. The van der Waals surface area contributed by atoms with E-state index in [1.54, 1.807) is 35.4 Å². The maximum atomic E-state index is 13.4. The number of allylic oxidation sites excluding steroid dienone is 1. The van der Waals surface area contributed by atoms with Crippen LogP contribution >= 0.6 is 0 Å². The molecule has 0 saturated carbocycles. The van der Waals surface area contributed by atoms with Gasteiger partial charge in [-0.1, -0.05) is 66.1 Å². The van der Waals surface area contributed by atoms with E-state index in [2.05, 4.69) is 18.3 Å². The number of cyclic esters (lactones) is 1. The largest absolute Gasteiger partial charge is 0.408 e. The molecule has 1 fully saturated rings. The average Bonchev–Trinajstić information content (AvgIpc) is 3.51. The first-order valence-corrected chi connectivity index (χ1v) is 12.2. The van der Waals surface area contributed by atoms with Crippen LogP contribution < -0.4 is 5.46 Å². The van der Waals surface area contributed by atoms with Crippen LogP contribution in [0.3, 0.4) is 0 Å². The molecule has 0 N–H and O–H groups in total. The van der Waals surface area contributed by atoms with Crippen molar-refractivity contribution < 1.29 is 23.7 Å². The van der Waals surface area contributed by atoms with Crippen LogP contribution in [0.2, 0.25) is 0 Å². The van der Waals surface area contributed by atoms with E-state index in [1.165, 1.54) is 10.7 Å². The van der Waals surface area contributed by atoms with Gasteiger partial charge in [0.2, 0.25) is 5.90 Å². The van der Waals surface area contributed by atoms with Crippen LogP contribution in [-0.4, -0.2) is 66.7 Å². The molecule has 0 bridgehead atoms. The van der Waals surface area contributed by atoms with E-state index in [0.29, 0.717) is 30.4 Å². The molecule has 186 valence electrons. The van der Waals surface area contributed by atoms with Crippen LogP contribution in [0.5, 0.6) is 0 Å². The van der Waals surface area contributed by atoms with E-state index in [1.807, 2.05) is 31.2 Å².